The second-order valence-electron chi connectivity index (χ2n) is 5.36. The molecule has 0 radical (unpaired) electrons. The number of carboxylic acids is 1. The van der Waals surface area contributed by atoms with E-state index in [0.717, 1.165) is 10.0 Å². The van der Waals surface area contributed by atoms with E-state index in [4.69, 9.17) is 5.11 Å². The smallest absolute Gasteiger partial charge is 0.317 e. The van der Waals surface area contributed by atoms with Crippen molar-refractivity contribution < 1.29 is 14.7 Å². The summed E-state index contributed by atoms with van der Waals surface area (Å²) in [5.74, 6) is -1.49. The van der Waals surface area contributed by atoms with Crippen molar-refractivity contribution in [3.63, 3.8) is 0 Å². The number of hydrogen-bond donors (Lipinski definition) is 2. The Balaban J connectivity index is 2.53. The van der Waals surface area contributed by atoms with Gasteiger partial charge in [0.1, 0.15) is 0 Å². The summed E-state index contributed by atoms with van der Waals surface area (Å²) in [6.07, 6.45) is 0. The van der Waals surface area contributed by atoms with E-state index in [-0.39, 0.29) is 18.5 Å². The molecule has 1 unspecified atom stereocenters. The maximum Gasteiger partial charge on any atom is 0.317 e. The normalized spacial score (nSPS) is 12.0. The highest BCUT2D eigenvalue weighted by atomic mass is 79.9. The van der Waals surface area contributed by atoms with E-state index in [1.165, 1.54) is 4.90 Å². The van der Waals surface area contributed by atoms with Crippen molar-refractivity contribution in [2.45, 2.75) is 20.4 Å². The molecular weight excluding hydrogens is 336 g/mol. The van der Waals surface area contributed by atoms with Crippen molar-refractivity contribution in [2.24, 2.45) is 11.8 Å². The van der Waals surface area contributed by atoms with Crippen LogP contribution in [0.5, 0.6) is 0 Å². The van der Waals surface area contributed by atoms with Gasteiger partial charge in [0.05, 0.1) is 5.92 Å². The summed E-state index contributed by atoms with van der Waals surface area (Å²) in [5.41, 5.74) is 1.00. The highest BCUT2D eigenvalue weighted by Gasteiger charge is 2.22. The first kappa shape index (κ1) is 17.5. The van der Waals surface area contributed by atoms with Crippen LogP contribution in [-0.4, -0.2) is 35.6 Å². The molecule has 116 valence electrons. The molecular formula is C15H21BrN2O3. The summed E-state index contributed by atoms with van der Waals surface area (Å²) in [5, 5.41) is 11.8. The van der Waals surface area contributed by atoms with Crippen LogP contribution in [0.2, 0.25) is 0 Å². The van der Waals surface area contributed by atoms with Crippen LogP contribution in [0.1, 0.15) is 19.4 Å². The molecule has 1 atom stereocenters. The van der Waals surface area contributed by atoms with Gasteiger partial charge in [-0.15, -0.1) is 0 Å². The fourth-order valence-electron chi connectivity index (χ4n) is 1.92. The fourth-order valence-corrected chi connectivity index (χ4v) is 2.37. The Morgan fingerprint density at radius 2 is 2.05 bits per heavy atom. The first-order valence-corrected chi connectivity index (χ1v) is 7.56. The molecule has 2 amide bonds. The van der Waals surface area contributed by atoms with Gasteiger partial charge in [-0.3, -0.25) is 4.79 Å². The second kappa shape index (κ2) is 8.02. The largest absolute Gasteiger partial charge is 0.481 e. The Hall–Kier alpha value is -1.56. The van der Waals surface area contributed by atoms with Gasteiger partial charge in [-0.25, -0.2) is 4.79 Å². The molecule has 0 aliphatic heterocycles. The average Bonchev–Trinajstić information content (AvgIpc) is 2.37. The van der Waals surface area contributed by atoms with Crippen molar-refractivity contribution in [2.75, 3.05) is 13.6 Å². The van der Waals surface area contributed by atoms with Gasteiger partial charge < -0.3 is 15.3 Å². The summed E-state index contributed by atoms with van der Waals surface area (Å²) in [4.78, 5) is 24.6. The topological polar surface area (TPSA) is 69.6 Å². The summed E-state index contributed by atoms with van der Waals surface area (Å²) >= 11 is 3.39. The quantitative estimate of drug-likeness (QED) is 0.823. The van der Waals surface area contributed by atoms with Gasteiger partial charge in [-0.05, 0) is 23.6 Å². The number of aliphatic carboxylic acids is 1. The zero-order chi connectivity index (χ0) is 16.0. The van der Waals surface area contributed by atoms with E-state index in [1.54, 1.807) is 7.05 Å². The van der Waals surface area contributed by atoms with Gasteiger partial charge in [0, 0.05) is 24.6 Å². The van der Waals surface area contributed by atoms with Gasteiger partial charge in [0.2, 0.25) is 0 Å². The highest BCUT2D eigenvalue weighted by molar-refractivity contribution is 9.10. The van der Waals surface area contributed by atoms with Crippen LogP contribution in [0.3, 0.4) is 0 Å². The van der Waals surface area contributed by atoms with Gasteiger partial charge in [-0.1, -0.05) is 41.9 Å². The molecule has 0 aromatic heterocycles. The monoisotopic (exact) mass is 356 g/mol. The minimum atomic E-state index is -0.889. The van der Waals surface area contributed by atoms with E-state index >= 15 is 0 Å². The first-order valence-electron chi connectivity index (χ1n) is 6.77. The van der Waals surface area contributed by atoms with Crippen LogP contribution in [0.4, 0.5) is 4.79 Å². The number of urea groups is 1. The van der Waals surface area contributed by atoms with Crippen molar-refractivity contribution in [1.29, 1.82) is 0 Å². The zero-order valence-corrected chi connectivity index (χ0v) is 14.1. The fraction of sp³-hybridized carbons (Fsp3) is 0.467. The molecule has 0 fully saturated rings. The van der Waals surface area contributed by atoms with Crippen molar-refractivity contribution in [3.8, 4) is 0 Å². The number of nitrogens with one attached hydrogen (secondary N) is 1. The molecule has 0 saturated heterocycles. The Bertz CT molecular complexity index is 505. The number of hydrogen-bond acceptors (Lipinski definition) is 2. The number of amides is 2. The highest BCUT2D eigenvalue weighted by Crippen LogP contribution is 2.13. The number of rotatable bonds is 6. The Morgan fingerprint density at radius 1 is 1.38 bits per heavy atom. The van der Waals surface area contributed by atoms with Crippen LogP contribution in [0.25, 0.3) is 0 Å². The predicted molar refractivity (Wildman–Crippen MR) is 85.0 cm³/mol. The average molecular weight is 357 g/mol. The summed E-state index contributed by atoms with van der Waals surface area (Å²) in [6.45, 7) is 4.26. The third-order valence-corrected chi connectivity index (χ3v) is 3.74. The molecule has 0 spiro atoms. The van der Waals surface area contributed by atoms with E-state index < -0.39 is 11.9 Å². The van der Waals surface area contributed by atoms with Crippen molar-refractivity contribution >= 4 is 27.9 Å². The van der Waals surface area contributed by atoms with Crippen molar-refractivity contribution in [3.05, 3.63) is 34.3 Å². The lowest BCUT2D eigenvalue weighted by Gasteiger charge is -2.21. The lowest BCUT2D eigenvalue weighted by molar-refractivity contribution is -0.142. The van der Waals surface area contributed by atoms with Crippen LogP contribution in [0, 0.1) is 11.8 Å². The van der Waals surface area contributed by atoms with Gasteiger partial charge >= 0.3 is 12.0 Å². The molecule has 1 rings (SSSR count). The number of carboxylic acid groups (broad SMARTS) is 1. The minimum Gasteiger partial charge on any atom is -0.481 e. The minimum absolute atomic E-state index is 0.0295. The number of benzene rings is 1. The summed E-state index contributed by atoms with van der Waals surface area (Å²) < 4.78 is 0.958. The van der Waals surface area contributed by atoms with Crippen LogP contribution >= 0.6 is 15.9 Å². The number of halogens is 1. The Morgan fingerprint density at radius 3 is 2.57 bits per heavy atom. The van der Waals surface area contributed by atoms with Crippen LogP contribution in [-0.2, 0) is 11.3 Å². The molecule has 1 aromatic carbocycles. The number of nitrogens with zero attached hydrogens (tertiary/aromatic N) is 1. The molecule has 5 nitrogen and oxygen atoms in total. The molecule has 0 aliphatic rings. The molecule has 0 saturated carbocycles. The molecule has 2 N–H and O–H groups in total. The van der Waals surface area contributed by atoms with Gasteiger partial charge in [-0.2, -0.15) is 0 Å². The molecule has 0 aliphatic carbocycles. The molecule has 6 heteroatoms. The van der Waals surface area contributed by atoms with E-state index in [2.05, 4.69) is 21.2 Å². The number of carbonyl (C=O) groups is 2. The maximum absolute atomic E-state index is 12.0. The van der Waals surface area contributed by atoms with Crippen LogP contribution < -0.4 is 5.32 Å². The van der Waals surface area contributed by atoms with Crippen LogP contribution in [0.15, 0.2) is 28.7 Å². The van der Waals surface area contributed by atoms with Gasteiger partial charge in [0.25, 0.3) is 0 Å². The van der Waals surface area contributed by atoms with E-state index in [0.29, 0.717) is 6.54 Å². The SMILES string of the molecule is CC(C)C(CNC(=O)N(C)Cc1cccc(Br)c1)C(=O)O. The summed E-state index contributed by atoms with van der Waals surface area (Å²) in [6, 6.07) is 7.43. The summed E-state index contributed by atoms with van der Waals surface area (Å²) in [7, 11) is 1.68. The number of carbonyl (C=O) groups excluding carboxylic acids is 1. The maximum atomic E-state index is 12.0. The van der Waals surface area contributed by atoms with E-state index in [9.17, 15) is 9.59 Å². The lowest BCUT2D eigenvalue weighted by atomic mass is 9.96. The second-order valence-corrected chi connectivity index (χ2v) is 6.28. The third kappa shape index (κ3) is 5.75. The molecule has 0 bridgehead atoms. The Labute approximate surface area is 133 Å². The predicted octanol–water partition coefficient (Wildman–Crippen LogP) is 2.95. The molecule has 0 heterocycles. The molecule has 1 aromatic rings. The zero-order valence-electron chi connectivity index (χ0n) is 12.5. The third-order valence-electron chi connectivity index (χ3n) is 3.25. The standard InChI is InChI=1S/C15H21BrN2O3/c1-10(2)13(14(19)20)8-17-15(21)18(3)9-11-5-4-6-12(16)7-11/h4-7,10,13H,8-9H2,1-3H3,(H,17,21)(H,19,20). The lowest BCUT2D eigenvalue weighted by Crippen LogP contribution is -2.41. The Kier molecular flexibility index (Phi) is 6.68. The van der Waals surface area contributed by atoms with Crippen molar-refractivity contribution in [1.82, 2.24) is 10.2 Å². The van der Waals surface area contributed by atoms with Gasteiger partial charge in [0.15, 0.2) is 0 Å². The first-order chi connectivity index (χ1) is 9.81. The van der Waals surface area contributed by atoms with E-state index in [1.807, 2.05) is 38.1 Å². The molecule has 21 heavy (non-hydrogen) atoms.